The quantitative estimate of drug-likeness (QED) is 0.0313. The Morgan fingerprint density at radius 1 is 0.444 bits per heavy atom. The maximum atomic E-state index is 12.5. The maximum absolute atomic E-state index is 12.5. The Balaban J connectivity index is 3.67. The van der Waals surface area contributed by atoms with Crippen LogP contribution in [0.2, 0.25) is 0 Å². The Hall–Kier alpha value is -0.950. The SMILES string of the molecule is CCCCCCCCCCCC/C=C/CCCC(O)C(O)C(CO)NC(=O)C(O)CCCCCCCCCCCCCCCCCCCCCCCCC. The molecule has 322 valence electrons. The molecule has 0 saturated carbocycles. The summed E-state index contributed by atoms with van der Waals surface area (Å²) in [4.78, 5) is 12.5. The minimum absolute atomic E-state index is 0.368. The highest BCUT2D eigenvalue weighted by molar-refractivity contribution is 5.80. The average Bonchev–Trinajstić information content (AvgIpc) is 3.18. The third-order valence-electron chi connectivity index (χ3n) is 11.5. The molecule has 0 aromatic rings. The molecule has 4 unspecified atom stereocenters. The smallest absolute Gasteiger partial charge is 0.249 e. The van der Waals surface area contributed by atoms with Crippen LogP contribution in [0, 0.1) is 0 Å². The Labute approximate surface area is 336 Å². The van der Waals surface area contributed by atoms with Crippen LogP contribution in [-0.2, 0) is 4.79 Å². The van der Waals surface area contributed by atoms with Crippen LogP contribution in [0.15, 0.2) is 12.2 Å². The van der Waals surface area contributed by atoms with Gasteiger partial charge in [0, 0.05) is 0 Å². The lowest BCUT2D eigenvalue weighted by molar-refractivity contribution is -0.132. The van der Waals surface area contributed by atoms with E-state index >= 15 is 0 Å². The van der Waals surface area contributed by atoms with E-state index in [4.69, 9.17) is 0 Å². The number of allylic oxidation sites excluding steroid dienone is 2. The van der Waals surface area contributed by atoms with Gasteiger partial charge in [0.2, 0.25) is 5.91 Å². The summed E-state index contributed by atoms with van der Waals surface area (Å²) >= 11 is 0. The first-order chi connectivity index (χ1) is 26.5. The van der Waals surface area contributed by atoms with Crippen LogP contribution in [0.4, 0.5) is 0 Å². The van der Waals surface area contributed by atoms with Gasteiger partial charge in [-0.15, -0.1) is 0 Å². The Morgan fingerprint density at radius 3 is 1.11 bits per heavy atom. The topological polar surface area (TPSA) is 110 Å². The molecule has 0 aromatic heterocycles. The number of aliphatic hydroxyl groups excluding tert-OH is 4. The van der Waals surface area contributed by atoms with Gasteiger partial charge in [0.05, 0.1) is 18.8 Å². The molecule has 1 amide bonds. The van der Waals surface area contributed by atoms with Crippen molar-refractivity contribution in [3.8, 4) is 0 Å². The van der Waals surface area contributed by atoms with E-state index in [-0.39, 0.29) is 0 Å². The molecule has 5 N–H and O–H groups in total. The molecule has 0 bridgehead atoms. The van der Waals surface area contributed by atoms with Crippen molar-refractivity contribution in [1.29, 1.82) is 0 Å². The average molecular weight is 766 g/mol. The Morgan fingerprint density at radius 2 is 0.759 bits per heavy atom. The largest absolute Gasteiger partial charge is 0.394 e. The predicted octanol–water partition coefficient (Wildman–Crippen LogP) is 13.0. The normalized spacial score (nSPS) is 14.1. The fourth-order valence-corrected chi connectivity index (χ4v) is 7.64. The highest BCUT2D eigenvalue weighted by Crippen LogP contribution is 2.17. The van der Waals surface area contributed by atoms with Crippen LogP contribution in [-0.4, -0.2) is 57.3 Å². The summed E-state index contributed by atoms with van der Waals surface area (Å²) in [7, 11) is 0. The van der Waals surface area contributed by atoms with Crippen LogP contribution >= 0.6 is 0 Å². The van der Waals surface area contributed by atoms with Crippen LogP contribution in [0.5, 0.6) is 0 Å². The third-order valence-corrected chi connectivity index (χ3v) is 11.5. The van der Waals surface area contributed by atoms with E-state index in [0.717, 1.165) is 38.5 Å². The summed E-state index contributed by atoms with van der Waals surface area (Å²) in [6.45, 7) is 4.06. The van der Waals surface area contributed by atoms with Crippen molar-refractivity contribution in [2.75, 3.05) is 6.61 Å². The summed E-state index contributed by atoms with van der Waals surface area (Å²) in [5.41, 5.74) is 0. The van der Waals surface area contributed by atoms with Crippen molar-refractivity contribution < 1.29 is 25.2 Å². The lowest BCUT2D eigenvalue weighted by Crippen LogP contribution is -2.53. The first kappa shape index (κ1) is 53.0. The minimum atomic E-state index is -1.28. The molecule has 0 spiro atoms. The number of nitrogens with one attached hydrogen (secondary N) is 1. The number of hydrogen-bond acceptors (Lipinski definition) is 5. The van der Waals surface area contributed by atoms with E-state index in [1.807, 2.05) is 0 Å². The zero-order valence-corrected chi connectivity index (χ0v) is 36.2. The van der Waals surface area contributed by atoms with Crippen LogP contribution in [0.25, 0.3) is 0 Å². The van der Waals surface area contributed by atoms with Crippen LogP contribution < -0.4 is 5.32 Å². The molecule has 0 aromatic carbocycles. The lowest BCUT2D eigenvalue weighted by Gasteiger charge is -2.27. The molecule has 4 atom stereocenters. The van der Waals surface area contributed by atoms with Gasteiger partial charge in [-0.1, -0.05) is 231 Å². The van der Waals surface area contributed by atoms with Gasteiger partial charge in [-0.3, -0.25) is 4.79 Å². The number of carbonyl (C=O) groups is 1. The second-order valence-corrected chi connectivity index (χ2v) is 16.8. The molecule has 6 nitrogen and oxygen atoms in total. The highest BCUT2D eigenvalue weighted by atomic mass is 16.3. The second kappa shape index (κ2) is 43.2. The highest BCUT2D eigenvalue weighted by Gasteiger charge is 2.28. The van der Waals surface area contributed by atoms with Gasteiger partial charge in [-0.2, -0.15) is 0 Å². The van der Waals surface area contributed by atoms with E-state index in [1.54, 1.807) is 0 Å². The predicted molar refractivity (Wildman–Crippen MR) is 233 cm³/mol. The number of hydrogen-bond donors (Lipinski definition) is 5. The molecular formula is C48H95NO5. The number of unbranched alkanes of at least 4 members (excludes halogenated alkanes) is 33. The van der Waals surface area contributed by atoms with Crippen molar-refractivity contribution in [2.24, 2.45) is 0 Å². The molecule has 0 heterocycles. The van der Waals surface area contributed by atoms with Gasteiger partial charge in [0.15, 0.2) is 0 Å². The fourth-order valence-electron chi connectivity index (χ4n) is 7.64. The van der Waals surface area contributed by atoms with Gasteiger partial charge in [-0.05, 0) is 38.5 Å². The number of carbonyl (C=O) groups excluding carboxylic acids is 1. The van der Waals surface area contributed by atoms with E-state index in [2.05, 4.69) is 31.3 Å². The molecular weight excluding hydrogens is 671 g/mol. The van der Waals surface area contributed by atoms with Crippen LogP contribution in [0.1, 0.15) is 258 Å². The van der Waals surface area contributed by atoms with Crippen LogP contribution in [0.3, 0.4) is 0 Å². The number of rotatable bonds is 44. The van der Waals surface area contributed by atoms with Crippen molar-refractivity contribution >= 4 is 5.91 Å². The Bertz CT molecular complexity index is 776. The third kappa shape index (κ3) is 36.7. The molecule has 0 radical (unpaired) electrons. The number of aliphatic hydroxyl groups is 4. The summed E-state index contributed by atoms with van der Waals surface area (Å²) < 4.78 is 0. The molecule has 0 aliphatic rings. The van der Waals surface area contributed by atoms with Gasteiger partial charge in [0.1, 0.15) is 12.2 Å². The van der Waals surface area contributed by atoms with Gasteiger partial charge in [0.25, 0.3) is 0 Å². The first-order valence-corrected chi connectivity index (χ1v) is 24.1. The van der Waals surface area contributed by atoms with Crippen molar-refractivity contribution in [2.45, 2.75) is 282 Å². The van der Waals surface area contributed by atoms with E-state index < -0.39 is 36.9 Å². The van der Waals surface area contributed by atoms with Crippen molar-refractivity contribution in [3.63, 3.8) is 0 Å². The van der Waals surface area contributed by atoms with Gasteiger partial charge < -0.3 is 25.7 Å². The van der Waals surface area contributed by atoms with E-state index in [9.17, 15) is 25.2 Å². The summed E-state index contributed by atoms with van der Waals surface area (Å²) in [5.74, 6) is -0.589. The molecule has 0 aliphatic carbocycles. The molecule has 6 heteroatoms. The molecule has 0 saturated heterocycles. The second-order valence-electron chi connectivity index (χ2n) is 16.8. The standard InChI is InChI=1S/C48H95NO5/c1-3-5-7-9-11-13-15-17-19-20-21-22-23-24-25-26-28-30-32-34-36-38-40-42-46(52)48(54)49-44(43-50)47(53)45(51)41-39-37-35-33-31-29-27-18-16-14-12-10-8-6-4-2/h33,35,44-47,50-53H,3-32,34,36-43H2,1-2H3,(H,49,54)/b35-33+. The molecule has 54 heavy (non-hydrogen) atoms. The first-order valence-electron chi connectivity index (χ1n) is 24.1. The van der Waals surface area contributed by atoms with Crippen molar-refractivity contribution in [3.05, 3.63) is 12.2 Å². The van der Waals surface area contributed by atoms with Crippen molar-refractivity contribution in [1.82, 2.24) is 5.32 Å². The van der Waals surface area contributed by atoms with Gasteiger partial charge in [-0.25, -0.2) is 0 Å². The minimum Gasteiger partial charge on any atom is -0.394 e. The summed E-state index contributed by atoms with van der Waals surface area (Å²) in [6, 6.07) is -0.997. The molecule has 0 aliphatic heterocycles. The zero-order valence-electron chi connectivity index (χ0n) is 36.2. The summed E-state index contributed by atoms with van der Waals surface area (Å²) in [5, 5.41) is 43.7. The van der Waals surface area contributed by atoms with Gasteiger partial charge >= 0.3 is 0 Å². The summed E-state index contributed by atoms with van der Waals surface area (Å²) in [6.07, 6.45) is 48.3. The molecule has 0 rings (SSSR count). The Kier molecular flexibility index (Phi) is 42.4. The zero-order chi connectivity index (χ0) is 39.6. The van der Waals surface area contributed by atoms with E-state index in [1.165, 1.54) is 193 Å². The molecule has 0 fully saturated rings. The maximum Gasteiger partial charge on any atom is 0.249 e. The van der Waals surface area contributed by atoms with E-state index in [0.29, 0.717) is 12.8 Å². The number of amides is 1. The monoisotopic (exact) mass is 766 g/mol. The lowest BCUT2D eigenvalue weighted by atomic mass is 10.00. The fraction of sp³-hybridized carbons (Fsp3) is 0.938.